The molecule has 0 aliphatic rings. The fraction of sp³-hybridized carbons (Fsp3) is 1.00. The van der Waals surface area contributed by atoms with Gasteiger partial charge in [0.1, 0.15) is 0 Å². The van der Waals surface area contributed by atoms with Crippen molar-refractivity contribution in [3.8, 4) is 0 Å². The van der Waals surface area contributed by atoms with Crippen LogP contribution in [0, 0.1) is 0 Å². The predicted molar refractivity (Wildman–Crippen MR) is 23.1 cm³/mol. The third-order valence-electron chi connectivity index (χ3n) is 0.258. The molecule has 30 valence electrons. The first-order valence-electron chi connectivity index (χ1n) is 1.67. The molecule has 0 amide bonds. The van der Waals surface area contributed by atoms with E-state index < -0.39 is 21.6 Å². The third-order valence-corrected chi connectivity index (χ3v) is 1.73. The van der Waals surface area contributed by atoms with Crippen LogP contribution < -0.4 is 0 Å². The Balaban J connectivity index is 2.54. The van der Waals surface area contributed by atoms with Crippen molar-refractivity contribution >= 4 is 21.6 Å². The van der Waals surface area contributed by atoms with E-state index in [1.54, 1.807) is 0 Å². The van der Waals surface area contributed by atoms with Gasteiger partial charge < -0.3 is 0 Å². The molecule has 0 aliphatic heterocycles. The van der Waals surface area contributed by atoms with Crippen LogP contribution in [0.15, 0.2) is 0 Å². The maximum atomic E-state index is 8.31. The molecule has 1 N–H and O–H groups in total. The minimum absolute atomic E-state index is 0.610. The van der Waals surface area contributed by atoms with Crippen LogP contribution in [0.4, 0.5) is 0 Å². The molecule has 2 radical (unpaired) electrons. The summed E-state index contributed by atoms with van der Waals surface area (Å²) in [6.45, 7) is 4.10. The summed E-state index contributed by atoms with van der Waals surface area (Å²) in [6.07, 6.45) is 0. The van der Waals surface area contributed by atoms with Gasteiger partial charge in [0.25, 0.3) is 0 Å². The number of hydrogen-bond donors (Lipinski definition) is 1. The van der Waals surface area contributed by atoms with Crippen LogP contribution in [0.3, 0.4) is 0 Å². The Morgan fingerprint density at radius 3 is 1.80 bits per heavy atom. The van der Waals surface area contributed by atoms with Crippen LogP contribution in [0.2, 0.25) is 3.93 Å². The van der Waals surface area contributed by atoms with Gasteiger partial charge in [0, 0.05) is 0 Å². The van der Waals surface area contributed by atoms with Gasteiger partial charge in [0.05, 0.1) is 0 Å². The van der Waals surface area contributed by atoms with Crippen molar-refractivity contribution < 1.29 is 3.44 Å². The Hall–Kier alpha value is 0.759. The molecule has 1 nitrogen and oxygen atoms in total. The van der Waals surface area contributed by atoms with Gasteiger partial charge in [-0.25, -0.2) is 0 Å². The Morgan fingerprint density at radius 2 is 1.80 bits per heavy atom. The van der Waals surface area contributed by atoms with Crippen molar-refractivity contribution in [3.63, 3.8) is 0 Å². The van der Waals surface area contributed by atoms with Crippen LogP contribution in [0.5, 0.6) is 0 Å². The summed E-state index contributed by atoms with van der Waals surface area (Å²) in [5.74, 6) is 0. The molecule has 0 aromatic rings. The Bertz CT molecular complexity index is 20.9. The van der Waals surface area contributed by atoms with Gasteiger partial charge in [-0.05, 0) is 0 Å². The van der Waals surface area contributed by atoms with Crippen molar-refractivity contribution in [3.05, 3.63) is 0 Å². The summed E-state index contributed by atoms with van der Waals surface area (Å²) in [5.41, 5.74) is 0. The summed E-state index contributed by atoms with van der Waals surface area (Å²) in [5, 5.41) is 0. The molecule has 0 aliphatic carbocycles. The van der Waals surface area contributed by atoms with Gasteiger partial charge in [-0.1, -0.05) is 0 Å². The van der Waals surface area contributed by atoms with E-state index in [1.165, 1.54) is 0 Å². The Kier molecular flexibility index (Phi) is 3.42. The van der Waals surface area contributed by atoms with E-state index in [0.29, 0.717) is 3.93 Å². The van der Waals surface area contributed by atoms with Gasteiger partial charge in [0.2, 0.25) is 0 Å². The Labute approximate surface area is 43.2 Å². The molecule has 2 heteroatoms. The molecule has 0 saturated heterocycles. The molecule has 0 aromatic heterocycles. The second kappa shape index (κ2) is 2.97. The van der Waals surface area contributed by atoms with Crippen LogP contribution in [-0.4, -0.2) is 25.0 Å². The molecule has 0 rings (SSSR count). The van der Waals surface area contributed by atoms with Crippen molar-refractivity contribution in [2.24, 2.45) is 0 Å². The monoisotopic (exact) mass is 180 g/mol. The molecule has 0 fully saturated rings. The van der Waals surface area contributed by atoms with E-state index in [4.69, 9.17) is 3.44 Å². The second-order valence-corrected chi connectivity index (χ2v) is 5.32. The zero-order valence-electron chi connectivity index (χ0n) is 3.52. The number of hydrogen-bond acceptors (Lipinski definition) is 1. The van der Waals surface area contributed by atoms with E-state index in [0.717, 1.165) is 0 Å². The van der Waals surface area contributed by atoms with Gasteiger partial charge in [-0.2, -0.15) is 0 Å². The first-order valence-corrected chi connectivity index (χ1v) is 4.59. The molecule has 0 saturated carbocycles. The van der Waals surface area contributed by atoms with E-state index in [2.05, 4.69) is 0 Å². The van der Waals surface area contributed by atoms with Crippen LogP contribution >= 0.6 is 0 Å². The molecule has 5 heavy (non-hydrogen) atoms. The molecule has 0 atom stereocenters. The van der Waals surface area contributed by atoms with Crippen molar-refractivity contribution in [2.45, 2.75) is 17.8 Å². The Morgan fingerprint density at radius 1 is 1.60 bits per heavy atom. The fourth-order valence-electron chi connectivity index (χ4n) is 0. The number of rotatable bonds is 1. The molecule has 0 spiro atoms. The minimum atomic E-state index is -0.866. The molecular weight excluding hydrogens is 171 g/mol. The van der Waals surface area contributed by atoms with Gasteiger partial charge in [-0.15, -0.1) is 0 Å². The van der Waals surface area contributed by atoms with Crippen LogP contribution in [0.1, 0.15) is 13.8 Å². The third kappa shape index (κ3) is 4.76. The van der Waals surface area contributed by atoms with E-state index in [9.17, 15) is 0 Å². The molecular formula is C3H8OSn. The topological polar surface area (TPSA) is 20.2 Å². The maximum absolute atomic E-state index is 8.31. The molecule has 0 unspecified atom stereocenters. The van der Waals surface area contributed by atoms with Crippen molar-refractivity contribution in [1.82, 2.24) is 0 Å². The van der Waals surface area contributed by atoms with Crippen LogP contribution in [0.25, 0.3) is 0 Å². The normalized spacial score (nSPS) is 9.60. The molecule has 0 heterocycles. The quantitative estimate of drug-likeness (QED) is 0.578. The predicted octanol–water partition coefficient (Wildman–Crippen LogP) is 0.426. The summed E-state index contributed by atoms with van der Waals surface area (Å²) >= 11 is -0.866. The average molecular weight is 179 g/mol. The zero-order valence-corrected chi connectivity index (χ0v) is 6.38. The first-order chi connectivity index (χ1) is 2.27. The van der Waals surface area contributed by atoms with E-state index in [-0.39, 0.29) is 0 Å². The summed E-state index contributed by atoms with van der Waals surface area (Å²) in [4.78, 5) is 0. The summed E-state index contributed by atoms with van der Waals surface area (Å²) in [6, 6.07) is 0. The second-order valence-electron chi connectivity index (χ2n) is 1.28. The van der Waals surface area contributed by atoms with Gasteiger partial charge >= 0.3 is 42.8 Å². The standard InChI is InChI=1S/C3H7.H2O.Sn/c1-3-2;;/h3H,1-2H3;1H2;/q;;+1/p-1. The molecule has 0 aromatic carbocycles. The summed E-state index contributed by atoms with van der Waals surface area (Å²) < 4.78 is 8.92. The fourth-order valence-corrected chi connectivity index (χ4v) is 0. The van der Waals surface area contributed by atoms with Crippen molar-refractivity contribution in [2.75, 3.05) is 0 Å². The van der Waals surface area contributed by atoms with Crippen LogP contribution in [-0.2, 0) is 0 Å². The van der Waals surface area contributed by atoms with Gasteiger partial charge in [-0.3, -0.25) is 0 Å². The first kappa shape index (κ1) is 5.76. The van der Waals surface area contributed by atoms with Gasteiger partial charge in [0.15, 0.2) is 0 Å². The SMILES string of the molecule is C[CH](C)[Sn][OH]. The van der Waals surface area contributed by atoms with E-state index >= 15 is 0 Å². The summed E-state index contributed by atoms with van der Waals surface area (Å²) in [7, 11) is 0. The average Bonchev–Trinajstić information content (AvgIpc) is 1.38. The van der Waals surface area contributed by atoms with E-state index in [1.807, 2.05) is 13.8 Å². The molecule has 0 bridgehead atoms. The van der Waals surface area contributed by atoms with Crippen molar-refractivity contribution in [1.29, 1.82) is 0 Å². The zero-order chi connectivity index (χ0) is 4.28.